The van der Waals surface area contributed by atoms with Crippen molar-refractivity contribution in [2.75, 3.05) is 6.61 Å². The van der Waals surface area contributed by atoms with E-state index < -0.39 is 0 Å². The molecule has 19 heavy (non-hydrogen) atoms. The molecule has 0 aromatic carbocycles. The first-order valence-corrected chi connectivity index (χ1v) is 7.38. The van der Waals surface area contributed by atoms with Gasteiger partial charge in [0.05, 0.1) is 13.2 Å². The third-order valence-corrected chi connectivity index (χ3v) is 3.65. The second-order valence-corrected chi connectivity index (χ2v) is 5.29. The zero-order valence-electron chi connectivity index (χ0n) is 11.1. The summed E-state index contributed by atoms with van der Waals surface area (Å²) in [6.45, 7) is 3.15. The lowest BCUT2D eigenvalue weighted by atomic mass is 10.3. The van der Waals surface area contributed by atoms with Gasteiger partial charge in [-0.25, -0.2) is 4.98 Å². The number of aryl methyl sites for hydroxylation is 1. The van der Waals surface area contributed by atoms with Gasteiger partial charge in [0, 0.05) is 41.1 Å². The fourth-order valence-corrected chi connectivity index (χ4v) is 2.67. The van der Waals surface area contributed by atoms with E-state index in [2.05, 4.69) is 39.8 Å². The highest BCUT2D eigenvalue weighted by Crippen LogP contribution is 2.16. The summed E-state index contributed by atoms with van der Waals surface area (Å²) in [6, 6.07) is 2.12. The van der Waals surface area contributed by atoms with Crippen LogP contribution in [0.5, 0.6) is 0 Å². The predicted octanol–water partition coefficient (Wildman–Crippen LogP) is 2.68. The van der Waals surface area contributed by atoms with E-state index in [1.807, 2.05) is 12.4 Å². The molecule has 0 amide bonds. The number of aliphatic hydroxyl groups excluding tert-OH is 1. The van der Waals surface area contributed by atoms with Crippen LogP contribution in [-0.4, -0.2) is 21.3 Å². The third-order valence-electron chi connectivity index (χ3n) is 2.72. The van der Waals surface area contributed by atoms with Crippen molar-refractivity contribution >= 4 is 11.3 Å². The minimum absolute atomic E-state index is 0.124. The minimum atomic E-state index is 0.124. The van der Waals surface area contributed by atoms with Gasteiger partial charge in [-0.05, 0) is 12.5 Å². The lowest BCUT2D eigenvalue weighted by molar-refractivity contribution is 0.305. The van der Waals surface area contributed by atoms with E-state index in [1.54, 1.807) is 11.3 Å². The number of aliphatic hydroxyl groups is 1. The van der Waals surface area contributed by atoms with E-state index in [0.717, 1.165) is 30.8 Å². The van der Waals surface area contributed by atoms with Crippen LogP contribution in [0.15, 0.2) is 23.8 Å². The summed E-state index contributed by atoms with van der Waals surface area (Å²) < 4.78 is 2.19. The van der Waals surface area contributed by atoms with Crippen molar-refractivity contribution in [2.24, 2.45) is 0 Å². The monoisotopic (exact) mass is 274 g/mol. The molecular weight excluding hydrogens is 256 g/mol. The number of rotatable bonds is 5. The highest BCUT2D eigenvalue weighted by atomic mass is 32.1. The van der Waals surface area contributed by atoms with Gasteiger partial charge >= 0.3 is 0 Å². The molecule has 1 N–H and O–H groups in total. The number of nitrogens with zero attached hydrogens (tertiary/aromatic N) is 2. The fourth-order valence-electron chi connectivity index (χ4n) is 1.85. The molecule has 2 heterocycles. The summed E-state index contributed by atoms with van der Waals surface area (Å²) in [6.07, 6.45) is 6.55. The van der Waals surface area contributed by atoms with E-state index >= 15 is 0 Å². The molecule has 0 saturated carbocycles. The molecule has 100 valence electrons. The molecule has 4 heteroatoms. The molecule has 0 aliphatic heterocycles. The van der Waals surface area contributed by atoms with Gasteiger partial charge in [-0.2, -0.15) is 0 Å². The SMILES string of the molecule is CCCc1nccn1Cc1cc(C#CCCO)cs1. The zero-order chi connectivity index (χ0) is 13.5. The number of hydrogen-bond donors (Lipinski definition) is 1. The first kappa shape index (κ1) is 13.9. The summed E-state index contributed by atoms with van der Waals surface area (Å²) in [5.41, 5.74) is 1.03. The van der Waals surface area contributed by atoms with Crippen molar-refractivity contribution in [1.29, 1.82) is 0 Å². The summed E-state index contributed by atoms with van der Waals surface area (Å²) in [5, 5.41) is 10.8. The summed E-state index contributed by atoms with van der Waals surface area (Å²) in [4.78, 5) is 5.66. The van der Waals surface area contributed by atoms with Gasteiger partial charge in [0.2, 0.25) is 0 Å². The molecule has 0 aliphatic rings. The van der Waals surface area contributed by atoms with Gasteiger partial charge in [-0.15, -0.1) is 11.3 Å². The van der Waals surface area contributed by atoms with Crippen LogP contribution in [0.4, 0.5) is 0 Å². The first-order valence-electron chi connectivity index (χ1n) is 6.50. The summed E-state index contributed by atoms with van der Waals surface area (Å²) in [7, 11) is 0. The van der Waals surface area contributed by atoms with Crippen LogP contribution < -0.4 is 0 Å². The molecule has 2 aromatic rings. The van der Waals surface area contributed by atoms with E-state index in [-0.39, 0.29) is 6.61 Å². The number of hydrogen-bond acceptors (Lipinski definition) is 3. The van der Waals surface area contributed by atoms with Crippen molar-refractivity contribution < 1.29 is 5.11 Å². The summed E-state index contributed by atoms with van der Waals surface area (Å²) in [5.74, 6) is 7.15. The first-order chi connectivity index (χ1) is 9.33. The molecule has 0 bridgehead atoms. The predicted molar refractivity (Wildman–Crippen MR) is 78.2 cm³/mol. The Balaban J connectivity index is 2.03. The van der Waals surface area contributed by atoms with Crippen molar-refractivity contribution in [3.63, 3.8) is 0 Å². The second-order valence-electron chi connectivity index (χ2n) is 4.30. The second kappa shape index (κ2) is 7.13. The molecule has 2 rings (SSSR count). The molecule has 0 spiro atoms. The normalized spacial score (nSPS) is 10.2. The Bertz CT molecular complexity index is 574. The zero-order valence-corrected chi connectivity index (χ0v) is 11.9. The van der Waals surface area contributed by atoms with Crippen molar-refractivity contribution in [1.82, 2.24) is 9.55 Å². The van der Waals surface area contributed by atoms with Crippen LogP contribution in [0.3, 0.4) is 0 Å². The van der Waals surface area contributed by atoms with Gasteiger partial charge in [-0.1, -0.05) is 18.8 Å². The average molecular weight is 274 g/mol. The van der Waals surface area contributed by atoms with Crippen molar-refractivity contribution in [3.05, 3.63) is 40.1 Å². The maximum atomic E-state index is 8.69. The number of imidazole rings is 1. The third kappa shape index (κ3) is 3.95. The van der Waals surface area contributed by atoms with Gasteiger partial charge in [-0.3, -0.25) is 0 Å². The molecule has 2 aromatic heterocycles. The topological polar surface area (TPSA) is 38.0 Å². The van der Waals surface area contributed by atoms with Crippen LogP contribution in [0.2, 0.25) is 0 Å². The van der Waals surface area contributed by atoms with E-state index in [4.69, 9.17) is 5.11 Å². The van der Waals surface area contributed by atoms with Crippen LogP contribution in [0.25, 0.3) is 0 Å². The van der Waals surface area contributed by atoms with Crippen LogP contribution in [0, 0.1) is 11.8 Å². The molecule has 0 fully saturated rings. The van der Waals surface area contributed by atoms with Gasteiger partial charge in [0.1, 0.15) is 5.82 Å². The average Bonchev–Trinajstić information content (AvgIpc) is 3.02. The van der Waals surface area contributed by atoms with E-state index in [0.29, 0.717) is 6.42 Å². The Morgan fingerprint density at radius 3 is 3.16 bits per heavy atom. The standard InChI is InChI=1S/C15H18N2OS/c1-2-5-15-16-7-8-17(15)11-14-10-13(12-19-14)6-3-4-9-18/h7-8,10,12,18H,2,4-5,9,11H2,1H3. The fraction of sp³-hybridized carbons (Fsp3) is 0.400. The Labute approximate surface area is 117 Å². The Kier molecular flexibility index (Phi) is 5.20. The highest BCUT2D eigenvalue weighted by molar-refractivity contribution is 7.10. The molecular formula is C15H18N2OS. The van der Waals surface area contributed by atoms with Crippen LogP contribution in [0.1, 0.15) is 36.0 Å². The molecule has 3 nitrogen and oxygen atoms in total. The van der Waals surface area contributed by atoms with Gasteiger partial charge < -0.3 is 9.67 Å². The quantitative estimate of drug-likeness (QED) is 0.851. The van der Waals surface area contributed by atoms with Gasteiger partial charge in [0.25, 0.3) is 0 Å². The Morgan fingerprint density at radius 2 is 2.37 bits per heavy atom. The number of aromatic nitrogens is 2. The highest BCUT2D eigenvalue weighted by Gasteiger charge is 2.04. The maximum absolute atomic E-state index is 8.69. The van der Waals surface area contributed by atoms with Crippen LogP contribution >= 0.6 is 11.3 Å². The minimum Gasteiger partial charge on any atom is -0.395 e. The lowest BCUT2D eigenvalue weighted by Gasteiger charge is -2.04. The number of thiophene rings is 1. The Morgan fingerprint density at radius 1 is 1.47 bits per heavy atom. The molecule has 0 radical (unpaired) electrons. The smallest absolute Gasteiger partial charge is 0.108 e. The van der Waals surface area contributed by atoms with Crippen molar-refractivity contribution in [2.45, 2.75) is 32.7 Å². The van der Waals surface area contributed by atoms with E-state index in [9.17, 15) is 0 Å². The van der Waals surface area contributed by atoms with Crippen LogP contribution in [-0.2, 0) is 13.0 Å². The Hall–Kier alpha value is -1.57. The van der Waals surface area contributed by atoms with Crippen molar-refractivity contribution in [3.8, 4) is 11.8 Å². The molecule has 0 unspecified atom stereocenters. The summed E-state index contributed by atoms with van der Waals surface area (Å²) >= 11 is 1.72. The molecule has 0 aliphatic carbocycles. The maximum Gasteiger partial charge on any atom is 0.108 e. The lowest BCUT2D eigenvalue weighted by Crippen LogP contribution is -2.02. The molecule has 0 saturated heterocycles. The largest absolute Gasteiger partial charge is 0.395 e. The van der Waals surface area contributed by atoms with Gasteiger partial charge in [0.15, 0.2) is 0 Å². The van der Waals surface area contributed by atoms with E-state index in [1.165, 1.54) is 4.88 Å². The molecule has 0 atom stereocenters.